The molecule has 5 rings (SSSR count). The first-order chi connectivity index (χ1) is 16.0. The SMILES string of the molecule is CC(C)Oc1ccc(-c2nc(-c3cccc4c3C[C@@H]3CC(=O)N(CCO)[C@H]43)no2)c(C#N)c1. The average Bonchev–Trinajstić information content (AvgIpc) is 3.48. The first-order valence-electron chi connectivity index (χ1n) is 11.1. The van der Waals surface area contributed by atoms with Gasteiger partial charge in [-0.05, 0) is 55.5 Å². The summed E-state index contributed by atoms with van der Waals surface area (Å²) in [5.41, 5.74) is 4.00. The van der Waals surface area contributed by atoms with Gasteiger partial charge < -0.3 is 19.3 Å². The zero-order chi connectivity index (χ0) is 23.1. The third-order valence-electron chi connectivity index (χ3n) is 6.26. The number of nitrogens with zero attached hydrogens (tertiary/aromatic N) is 4. The normalized spacial score (nSPS) is 19.0. The van der Waals surface area contributed by atoms with Crippen LogP contribution >= 0.6 is 0 Å². The molecule has 1 aliphatic carbocycles. The zero-order valence-electron chi connectivity index (χ0n) is 18.5. The monoisotopic (exact) mass is 444 g/mol. The number of nitriles is 1. The van der Waals surface area contributed by atoms with E-state index in [4.69, 9.17) is 9.26 Å². The number of amides is 1. The third kappa shape index (κ3) is 3.64. The Balaban J connectivity index is 1.49. The van der Waals surface area contributed by atoms with Gasteiger partial charge in [0.05, 0.1) is 29.9 Å². The highest BCUT2D eigenvalue weighted by molar-refractivity contribution is 5.81. The van der Waals surface area contributed by atoms with Gasteiger partial charge in [-0.25, -0.2) is 0 Å². The summed E-state index contributed by atoms with van der Waals surface area (Å²) in [6.45, 7) is 4.13. The van der Waals surface area contributed by atoms with Gasteiger partial charge in [-0.15, -0.1) is 0 Å². The van der Waals surface area contributed by atoms with Gasteiger partial charge in [0.15, 0.2) is 0 Å². The standard InChI is InChI=1S/C25H24N4O4/c1-14(2)32-17-6-7-18(16(10-17)13-26)25-27-24(28-33-25)20-5-3-4-19-21(20)11-15-12-22(31)29(8-9-30)23(15)19/h3-7,10,14-15,23,30H,8-9,11-12H2,1-2H3/t15-,23+/m1/s1. The molecule has 1 fully saturated rings. The molecule has 0 unspecified atom stereocenters. The Morgan fingerprint density at radius 1 is 1.27 bits per heavy atom. The fourth-order valence-corrected chi connectivity index (χ4v) is 5.01. The lowest BCUT2D eigenvalue weighted by atomic mass is 10.0. The molecule has 1 aliphatic heterocycles. The minimum absolute atomic E-state index is 0.000616. The van der Waals surface area contributed by atoms with Crippen LogP contribution in [0.1, 0.15) is 43.0 Å². The van der Waals surface area contributed by atoms with Crippen molar-refractivity contribution < 1.29 is 19.2 Å². The number of rotatable bonds is 6. The number of hydrogen-bond acceptors (Lipinski definition) is 7. The van der Waals surface area contributed by atoms with E-state index >= 15 is 0 Å². The van der Waals surface area contributed by atoms with Crippen molar-refractivity contribution >= 4 is 5.91 Å². The summed E-state index contributed by atoms with van der Waals surface area (Å²) >= 11 is 0. The van der Waals surface area contributed by atoms with Crippen LogP contribution in [-0.2, 0) is 11.2 Å². The Bertz CT molecular complexity index is 1260. The molecular weight excluding hydrogens is 420 g/mol. The summed E-state index contributed by atoms with van der Waals surface area (Å²) in [6.07, 6.45) is 1.23. The number of carbonyl (C=O) groups is 1. The number of fused-ring (bicyclic) bond motifs is 3. The van der Waals surface area contributed by atoms with Gasteiger partial charge in [-0.1, -0.05) is 23.4 Å². The number of hydrogen-bond donors (Lipinski definition) is 1. The van der Waals surface area contributed by atoms with Crippen molar-refractivity contribution in [2.75, 3.05) is 13.2 Å². The maximum atomic E-state index is 12.4. The van der Waals surface area contributed by atoms with Crippen LogP contribution in [0.5, 0.6) is 5.75 Å². The predicted octanol–water partition coefficient (Wildman–Crippen LogP) is 3.50. The quantitative estimate of drug-likeness (QED) is 0.619. The fraction of sp³-hybridized carbons (Fsp3) is 0.360. The predicted molar refractivity (Wildman–Crippen MR) is 119 cm³/mol. The topological polar surface area (TPSA) is 112 Å². The molecule has 8 nitrogen and oxygen atoms in total. The van der Waals surface area contributed by atoms with Gasteiger partial charge >= 0.3 is 0 Å². The van der Waals surface area contributed by atoms with Crippen LogP contribution < -0.4 is 4.74 Å². The van der Waals surface area contributed by atoms with E-state index < -0.39 is 0 Å². The number of aliphatic hydroxyl groups is 1. The van der Waals surface area contributed by atoms with Crippen molar-refractivity contribution in [1.82, 2.24) is 15.0 Å². The minimum Gasteiger partial charge on any atom is -0.491 e. The third-order valence-corrected chi connectivity index (χ3v) is 6.26. The molecule has 33 heavy (non-hydrogen) atoms. The highest BCUT2D eigenvalue weighted by atomic mass is 16.5. The maximum Gasteiger partial charge on any atom is 0.259 e. The van der Waals surface area contributed by atoms with Crippen LogP contribution in [0.4, 0.5) is 0 Å². The summed E-state index contributed by atoms with van der Waals surface area (Å²) in [4.78, 5) is 18.8. The average molecular weight is 444 g/mol. The van der Waals surface area contributed by atoms with Crippen LogP contribution in [0, 0.1) is 17.2 Å². The van der Waals surface area contributed by atoms with Gasteiger partial charge in [0.2, 0.25) is 11.7 Å². The molecule has 2 aliphatic rings. The molecule has 1 saturated heterocycles. The molecule has 8 heteroatoms. The smallest absolute Gasteiger partial charge is 0.259 e. The Morgan fingerprint density at radius 3 is 2.88 bits per heavy atom. The van der Waals surface area contributed by atoms with Crippen molar-refractivity contribution in [3.8, 4) is 34.7 Å². The van der Waals surface area contributed by atoms with Gasteiger partial charge in [-0.3, -0.25) is 4.79 Å². The van der Waals surface area contributed by atoms with Crippen molar-refractivity contribution in [3.05, 3.63) is 53.1 Å². The largest absolute Gasteiger partial charge is 0.491 e. The summed E-state index contributed by atoms with van der Waals surface area (Å²) in [5.74, 6) is 1.61. The number of carbonyl (C=O) groups excluding carboxylic acids is 1. The highest BCUT2D eigenvalue weighted by Crippen LogP contribution is 2.49. The van der Waals surface area contributed by atoms with Crippen molar-refractivity contribution in [2.45, 2.75) is 38.8 Å². The van der Waals surface area contributed by atoms with Crippen LogP contribution in [0.15, 0.2) is 40.9 Å². The second-order valence-electron chi connectivity index (χ2n) is 8.71. The van der Waals surface area contributed by atoms with E-state index in [9.17, 15) is 15.2 Å². The number of benzene rings is 2. The van der Waals surface area contributed by atoms with E-state index in [1.807, 2.05) is 32.0 Å². The second kappa shape index (κ2) is 8.34. The molecule has 168 valence electrons. The lowest BCUT2D eigenvalue weighted by Crippen LogP contribution is -2.30. The van der Waals surface area contributed by atoms with Crippen molar-refractivity contribution in [1.29, 1.82) is 5.26 Å². The Morgan fingerprint density at radius 2 is 2.12 bits per heavy atom. The molecule has 2 heterocycles. The molecule has 0 saturated carbocycles. The second-order valence-corrected chi connectivity index (χ2v) is 8.71. The van der Waals surface area contributed by atoms with E-state index in [-0.39, 0.29) is 36.5 Å². The Kier molecular flexibility index (Phi) is 5.35. The van der Waals surface area contributed by atoms with Crippen molar-refractivity contribution in [2.24, 2.45) is 5.92 Å². The number of aromatic nitrogens is 2. The van der Waals surface area contributed by atoms with Crippen LogP contribution in [0.2, 0.25) is 0 Å². The minimum atomic E-state index is -0.0551. The molecule has 2 aromatic carbocycles. The summed E-state index contributed by atoms with van der Waals surface area (Å²) in [6, 6.07) is 13.3. The number of aliphatic hydroxyl groups excluding tert-OH is 1. The highest BCUT2D eigenvalue weighted by Gasteiger charge is 2.46. The van der Waals surface area contributed by atoms with E-state index in [0.29, 0.717) is 35.7 Å². The molecule has 0 radical (unpaired) electrons. The molecular formula is C25H24N4O4. The van der Waals surface area contributed by atoms with Gasteiger partial charge in [-0.2, -0.15) is 10.2 Å². The van der Waals surface area contributed by atoms with E-state index in [2.05, 4.69) is 16.2 Å². The Labute approximate surface area is 191 Å². The van der Waals surface area contributed by atoms with Gasteiger partial charge in [0.1, 0.15) is 11.8 Å². The first kappa shape index (κ1) is 21.2. The molecule has 1 N–H and O–H groups in total. The number of likely N-dealkylation sites (tertiary alicyclic amines) is 1. The molecule has 3 aromatic rings. The lowest BCUT2D eigenvalue weighted by Gasteiger charge is -2.24. The van der Waals surface area contributed by atoms with E-state index in [0.717, 1.165) is 23.1 Å². The maximum absolute atomic E-state index is 12.4. The van der Waals surface area contributed by atoms with Crippen LogP contribution in [0.3, 0.4) is 0 Å². The van der Waals surface area contributed by atoms with Crippen LogP contribution in [-0.4, -0.2) is 45.3 Å². The molecule has 0 bridgehead atoms. The zero-order valence-corrected chi connectivity index (χ0v) is 18.5. The summed E-state index contributed by atoms with van der Waals surface area (Å²) < 4.78 is 11.2. The first-order valence-corrected chi connectivity index (χ1v) is 11.1. The van der Waals surface area contributed by atoms with E-state index in [1.54, 1.807) is 23.1 Å². The number of β-amino-alcohol motifs (C(OH)–C–C–N with tert-alkyl or cyclic N) is 1. The summed E-state index contributed by atoms with van der Waals surface area (Å²) in [7, 11) is 0. The lowest BCUT2D eigenvalue weighted by molar-refractivity contribution is -0.129. The molecule has 0 spiro atoms. The van der Waals surface area contributed by atoms with Gasteiger partial charge in [0, 0.05) is 18.5 Å². The fourth-order valence-electron chi connectivity index (χ4n) is 5.01. The Hall–Kier alpha value is -3.70. The van der Waals surface area contributed by atoms with Crippen molar-refractivity contribution in [3.63, 3.8) is 0 Å². The molecule has 2 atom stereocenters. The number of ether oxygens (including phenoxy) is 1. The molecule has 1 amide bonds. The summed E-state index contributed by atoms with van der Waals surface area (Å²) in [5, 5.41) is 23.2. The molecule has 1 aromatic heterocycles. The van der Waals surface area contributed by atoms with Gasteiger partial charge in [0.25, 0.3) is 5.89 Å². The van der Waals surface area contributed by atoms with E-state index in [1.165, 1.54) is 0 Å². The van der Waals surface area contributed by atoms with Crippen LogP contribution in [0.25, 0.3) is 22.8 Å².